The molecule has 4 rings (SSSR count). The van der Waals surface area contributed by atoms with Gasteiger partial charge in [-0.3, -0.25) is 9.89 Å². The van der Waals surface area contributed by atoms with Gasteiger partial charge in [-0.15, -0.1) is 11.3 Å². The number of H-pyrrole nitrogens is 1. The van der Waals surface area contributed by atoms with Gasteiger partial charge in [0.05, 0.1) is 16.6 Å². The molecule has 2 aromatic heterocycles. The summed E-state index contributed by atoms with van der Waals surface area (Å²) in [7, 11) is -1.93. The van der Waals surface area contributed by atoms with Crippen molar-refractivity contribution in [2.45, 2.75) is 23.9 Å². The molecule has 0 spiro atoms. The lowest BCUT2D eigenvalue weighted by Gasteiger charge is -2.29. The van der Waals surface area contributed by atoms with Gasteiger partial charge in [-0.05, 0) is 24.4 Å². The zero-order chi connectivity index (χ0) is 16.9. The van der Waals surface area contributed by atoms with Gasteiger partial charge in [-0.1, -0.05) is 0 Å². The summed E-state index contributed by atoms with van der Waals surface area (Å²) in [6.45, 7) is 1.71. The number of nitrogens with zero attached hydrogens (tertiary/aromatic N) is 2. The number of hydrogen-bond acceptors (Lipinski definition) is 6. The molecule has 4 heterocycles. The van der Waals surface area contributed by atoms with Gasteiger partial charge < -0.3 is 10.6 Å². The number of carbonyl (C=O) groups excluding carboxylic acids is 1. The van der Waals surface area contributed by atoms with Gasteiger partial charge in [0.25, 0.3) is 5.91 Å². The summed E-state index contributed by atoms with van der Waals surface area (Å²) in [5, 5.41) is 15.0. The van der Waals surface area contributed by atoms with Crippen LogP contribution in [0.1, 0.15) is 32.7 Å². The predicted octanol–water partition coefficient (Wildman–Crippen LogP) is 0.222. The minimum Gasteiger partial charge on any atom is -0.342 e. The highest BCUT2D eigenvalue weighted by molar-refractivity contribution is 7.89. The van der Waals surface area contributed by atoms with Crippen molar-refractivity contribution in [2.75, 3.05) is 20.1 Å². The molecule has 1 unspecified atom stereocenters. The maximum Gasteiger partial charge on any atom is 0.272 e. The molecule has 0 fully saturated rings. The van der Waals surface area contributed by atoms with E-state index < -0.39 is 10.0 Å². The van der Waals surface area contributed by atoms with E-state index in [1.165, 1.54) is 22.7 Å². The van der Waals surface area contributed by atoms with E-state index in [-0.39, 0.29) is 23.4 Å². The zero-order valence-corrected chi connectivity index (χ0v) is 14.6. The van der Waals surface area contributed by atoms with Crippen LogP contribution < -0.4 is 10.6 Å². The third kappa shape index (κ3) is 2.37. The number of likely N-dealkylation sites (N-methyl/N-ethyl adjacent to an activating group) is 1. The maximum absolute atomic E-state index is 12.7. The van der Waals surface area contributed by atoms with Gasteiger partial charge in [0.15, 0.2) is 5.69 Å². The maximum atomic E-state index is 12.7. The van der Waals surface area contributed by atoms with Crippen molar-refractivity contribution < 1.29 is 13.2 Å². The first-order valence-corrected chi connectivity index (χ1v) is 9.92. The van der Waals surface area contributed by atoms with E-state index in [1.54, 1.807) is 11.4 Å². The van der Waals surface area contributed by atoms with E-state index in [0.717, 1.165) is 24.2 Å². The Labute approximate surface area is 143 Å². The molecule has 0 saturated carbocycles. The SMILES string of the molecule is CN1CC(NC(=O)c2n[nH]c3c2CCNC3)c2sccc2S1(=O)=O. The Kier molecular flexibility index (Phi) is 3.71. The van der Waals surface area contributed by atoms with Crippen LogP contribution in [-0.2, 0) is 23.0 Å². The van der Waals surface area contributed by atoms with E-state index in [9.17, 15) is 13.2 Å². The highest BCUT2D eigenvalue weighted by atomic mass is 32.2. The second-order valence-corrected chi connectivity index (χ2v) is 8.88. The number of sulfonamides is 1. The van der Waals surface area contributed by atoms with Crippen LogP contribution in [0.15, 0.2) is 16.3 Å². The first kappa shape index (κ1) is 15.8. The first-order chi connectivity index (χ1) is 11.5. The third-order valence-electron chi connectivity index (χ3n) is 4.43. The molecule has 2 aliphatic rings. The summed E-state index contributed by atoms with van der Waals surface area (Å²) in [4.78, 5) is 13.6. The Balaban J connectivity index is 1.62. The van der Waals surface area contributed by atoms with Crippen LogP contribution in [0.25, 0.3) is 0 Å². The molecule has 2 aromatic rings. The van der Waals surface area contributed by atoms with E-state index >= 15 is 0 Å². The molecule has 8 nitrogen and oxygen atoms in total. The summed E-state index contributed by atoms with van der Waals surface area (Å²) < 4.78 is 25.9. The molecular weight excluding hydrogens is 350 g/mol. The van der Waals surface area contributed by atoms with E-state index in [0.29, 0.717) is 17.1 Å². The molecule has 24 heavy (non-hydrogen) atoms. The molecule has 1 atom stereocenters. The topological polar surface area (TPSA) is 107 Å². The van der Waals surface area contributed by atoms with E-state index in [1.807, 2.05) is 0 Å². The van der Waals surface area contributed by atoms with Crippen molar-refractivity contribution in [3.05, 3.63) is 33.3 Å². The fraction of sp³-hybridized carbons (Fsp3) is 0.429. The molecule has 0 aliphatic carbocycles. The van der Waals surface area contributed by atoms with Crippen LogP contribution in [0.2, 0.25) is 0 Å². The summed E-state index contributed by atoms with van der Waals surface area (Å²) in [6, 6.07) is 1.22. The minimum atomic E-state index is -3.45. The van der Waals surface area contributed by atoms with Crippen molar-refractivity contribution in [3.63, 3.8) is 0 Å². The lowest BCUT2D eigenvalue weighted by Crippen LogP contribution is -2.43. The number of thiophene rings is 1. The van der Waals surface area contributed by atoms with Crippen LogP contribution in [0.3, 0.4) is 0 Å². The van der Waals surface area contributed by atoms with Crippen LogP contribution in [-0.4, -0.2) is 49.0 Å². The van der Waals surface area contributed by atoms with Crippen molar-refractivity contribution in [1.82, 2.24) is 25.1 Å². The smallest absolute Gasteiger partial charge is 0.272 e. The second kappa shape index (κ2) is 5.66. The third-order valence-corrected chi connectivity index (χ3v) is 7.47. The van der Waals surface area contributed by atoms with E-state index in [4.69, 9.17) is 0 Å². The summed E-state index contributed by atoms with van der Waals surface area (Å²) in [5.41, 5.74) is 2.28. The largest absolute Gasteiger partial charge is 0.342 e. The normalized spacial score (nSPS) is 22.6. The van der Waals surface area contributed by atoms with Gasteiger partial charge >= 0.3 is 0 Å². The van der Waals surface area contributed by atoms with Crippen LogP contribution in [0.4, 0.5) is 0 Å². The number of carbonyl (C=O) groups is 1. The molecule has 0 saturated heterocycles. The highest BCUT2D eigenvalue weighted by Crippen LogP contribution is 2.35. The molecule has 3 N–H and O–H groups in total. The Morgan fingerprint density at radius 1 is 1.50 bits per heavy atom. The second-order valence-electron chi connectivity index (χ2n) is 5.92. The van der Waals surface area contributed by atoms with Crippen molar-refractivity contribution >= 4 is 27.3 Å². The Bertz CT molecular complexity index is 901. The highest BCUT2D eigenvalue weighted by Gasteiger charge is 2.37. The lowest BCUT2D eigenvalue weighted by atomic mass is 10.1. The minimum absolute atomic E-state index is 0.218. The molecule has 10 heteroatoms. The number of hydrogen-bond donors (Lipinski definition) is 3. The number of fused-ring (bicyclic) bond motifs is 2. The number of aromatic amines is 1. The number of nitrogens with one attached hydrogen (secondary N) is 3. The van der Waals surface area contributed by atoms with Gasteiger partial charge in [0.1, 0.15) is 0 Å². The first-order valence-electron chi connectivity index (χ1n) is 7.60. The van der Waals surface area contributed by atoms with Gasteiger partial charge in [0, 0.05) is 30.6 Å². The quantitative estimate of drug-likeness (QED) is 0.704. The van der Waals surface area contributed by atoms with Crippen molar-refractivity contribution in [2.24, 2.45) is 0 Å². The zero-order valence-electron chi connectivity index (χ0n) is 13.0. The van der Waals surface area contributed by atoms with Crippen LogP contribution >= 0.6 is 11.3 Å². The summed E-state index contributed by atoms with van der Waals surface area (Å²) in [5.74, 6) is -0.272. The Morgan fingerprint density at radius 3 is 3.17 bits per heavy atom. The van der Waals surface area contributed by atoms with Gasteiger partial charge in [-0.25, -0.2) is 8.42 Å². The van der Waals surface area contributed by atoms with E-state index in [2.05, 4.69) is 20.8 Å². The average molecular weight is 367 g/mol. The molecule has 0 bridgehead atoms. The molecule has 0 radical (unpaired) electrons. The fourth-order valence-corrected chi connectivity index (χ4v) is 5.85. The standard InChI is InChI=1S/C14H17N5O3S2/c1-19-7-10(13-11(3-5-23-13)24(19,21)22)16-14(20)12-8-2-4-15-6-9(8)17-18-12/h3,5,10,15H,2,4,6-7H2,1H3,(H,16,20)(H,17,18). The monoisotopic (exact) mass is 367 g/mol. The van der Waals surface area contributed by atoms with Crippen molar-refractivity contribution in [3.8, 4) is 0 Å². The van der Waals surface area contributed by atoms with Crippen LogP contribution in [0.5, 0.6) is 0 Å². The summed E-state index contributed by atoms with van der Waals surface area (Å²) >= 11 is 1.35. The number of aromatic nitrogens is 2. The Hall–Kier alpha value is -1.75. The van der Waals surface area contributed by atoms with Gasteiger partial charge in [0.2, 0.25) is 10.0 Å². The number of amides is 1. The lowest BCUT2D eigenvalue weighted by molar-refractivity contribution is 0.0925. The molecule has 2 aliphatic heterocycles. The summed E-state index contributed by atoms with van der Waals surface area (Å²) in [6.07, 6.45) is 0.748. The average Bonchev–Trinajstić information content (AvgIpc) is 3.20. The fourth-order valence-electron chi connectivity index (χ4n) is 3.15. The molecule has 128 valence electrons. The van der Waals surface area contributed by atoms with Crippen LogP contribution in [0, 0.1) is 0 Å². The van der Waals surface area contributed by atoms with Crippen molar-refractivity contribution in [1.29, 1.82) is 0 Å². The Morgan fingerprint density at radius 2 is 2.33 bits per heavy atom. The molecular formula is C14H17N5O3S2. The molecule has 1 amide bonds. The predicted molar refractivity (Wildman–Crippen MR) is 88.3 cm³/mol. The van der Waals surface area contributed by atoms with Gasteiger partial charge in [-0.2, -0.15) is 9.40 Å². The number of rotatable bonds is 2. The molecule has 0 aromatic carbocycles.